The van der Waals surface area contributed by atoms with Crippen molar-refractivity contribution in [3.63, 3.8) is 0 Å². The Kier molecular flexibility index (Phi) is 5.08. The van der Waals surface area contributed by atoms with Crippen molar-refractivity contribution in [3.8, 4) is 11.5 Å². The van der Waals surface area contributed by atoms with Gasteiger partial charge in [0.2, 0.25) is 0 Å². The predicted molar refractivity (Wildman–Crippen MR) is 62.6 cm³/mol. The van der Waals surface area contributed by atoms with Gasteiger partial charge in [-0.3, -0.25) is 0 Å². The van der Waals surface area contributed by atoms with Crippen molar-refractivity contribution in [1.82, 2.24) is 5.32 Å². The van der Waals surface area contributed by atoms with E-state index >= 15 is 0 Å². The van der Waals surface area contributed by atoms with Gasteiger partial charge in [-0.15, -0.1) is 0 Å². The molecule has 1 aromatic carbocycles. The molecule has 0 aliphatic rings. The van der Waals surface area contributed by atoms with E-state index in [2.05, 4.69) is 5.32 Å². The molecule has 1 aromatic rings. The van der Waals surface area contributed by atoms with E-state index in [0.717, 1.165) is 0 Å². The maximum Gasteiger partial charge on any atom is 0.161 e. The van der Waals surface area contributed by atoms with Gasteiger partial charge in [-0.2, -0.15) is 0 Å². The van der Waals surface area contributed by atoms with Gasteiger partial charge in [0.1, 0.15) is 0 Å². The van der Waals surface area contributed by atoms with Crippen LogP contribution >= 0.6 is 0 Å². The number of phenolic OH excluding ortho intramolecular Hbond substituents is 2. The van der Waals surface area contributed by atoms with Gasteiger partial charge in [0.15, 0.2) is 11.5 Å². The predicted octanol–water partition coefficient (Wildman–Crippen LogP) is 1.61. The van der Waals surface area contributed by atoms with E-state index in [0.29, 0.717) is 25.3 Å². The molecule has 0 bridgehead atoms. The quantitative estimate of drug-likeness (QED) is 0.644. The van der Waals surface area contributed by atoms with Crippen molar-refractivity contribution in [3.05, 3.63) is 23.8 Å². The molecular formula is C12H19NO3. The Morgan fingerprint density at radius 1 is 1.38 bits per heavy atom. The summed E-state index contributed by atoms with van der Waals surface area (Å²) < 4.78 is 5.26. The van der Waals surface area contributed by atoms with E-state index in [1.54, 1.807) is 12.1 Å². The van der Waals surface area contributed by atoms with Gasteiger partial charge >= 0.3 is 0 Å². The molecule has 0 saturated carbocycles. The van der Waals surface area contributed by atoms with Crippen LogP contribution in [0.3, 0.4) is 0 Å². The van der Waals surface area contributed by atoms with Crippen molar-refractivity contribution in [2.75, 3.05) is 13.2 Å². The zero-order chi connectivity index (χ0) is 12.0. The van der Waals surface area contributed by atoms with E-state index in [1.807, 2.05) is 13.8 Å². The van der Waals surface area contributed by atoms with E-state index in [4.69, 9.17) is 4.74 Å². The molecule has 90 valence electrons. The minimum Gasteiger partial charge on any atom is -0.504 e. The molecule has 4 heteroatoms. The highest BCUT2D eigenvalue weighted by Crippen LogP contribution is 2.27. The molecular weight excluding hydrogens is 206 g/mol. The summed E-state index contributed by atoms with van der Waals surface area (Å²) in [5.41, 5.74) is 0.684. The smallest absolute Gasteiger partial charge is 0.161 e. The topological polar surface area (TPSA) is 61.7 Å². The Hall–Kier alpha value is -1.26. The molecule has 1 unspecified atom stereocenters. The minimum atomic E-state index is -0.0863. The average molecular weight is 225 g/mol. The van der Waals surface area contributed by atoms with Crippen LogP contribution in [0.5, 0.6) is 11.5 Å². The maximum atomic E-state index is 9.57. The van der Waals surface area contributed by atoms with E-state index in [9.17, 15) is 10.2 Å². The lowest BCUT2D eigenvalue weighted by molar-refractivity contribution is 0.127. The van der Waals surface area contributed by atoms with Crippen LogP contribution < -0.4 is 5.32 Å². The lowest BCUT2D eigenvalue weighted by Crippen LogP contribution is -2.30. The summed E-state index contributed by atoms with van der Waals surface area (Å²) in [5.74, 6) is -0.143. The molecule has 1 atom stereocenters. The highest BCUT2D eigenvalue weighted by Gasteiger charge is 2.07. The number of hydrogen-bond acceptors (Lipinski definition) is 4. The molecule has 0 fully saturated rings. The fourth-order valence-corrected chi connectivity index (χ4v) is 1.36. The fraction of sp³-hybridized carbons (Fsp3) is 0.500. The van der Waals surface area contributed by atoms with Gasteiger partial charge in [-0.25, -0.2) is 0 Å². The standard InChI is InChI=1S/C12H19NO3/c1-3-16-8-9(2)13-7-10-5-4-6-11(14)12(10)15/h4-6,9,13-15H,3,7-8H2,1-2H3. The van der Waals surface area contributed by atoms with Crippen LogP contribution in [0.25, 0.3) is 0 Å². The van der Waals surface area contributed by atoms with E-state index in [-0.39, 0.29) is 17.5 Å². The lowest BCUT2D eigenvalue weighted by Gasteiger charge is -2.14. The summed E-state index contributed by atoms with van der Waals surface area (Å²) in [6.45, 7) is 5.80. The number of nitrogens with one attached hydrogen (secondary N) is 1. The highest BCUT2D eigenvalue weighted by molar-refractivity contribution is 5.44. The van der Waals surface area contributed by atoms with Crippen LogP contribution in [0.1, 0.15) is 19.4 Å². The number of phenols is 2. The summed E-state index contributed by atoms with van der Waals surface area (Å²) in [7, 11) is 0. The van der Waals surface area contributed by atoms with E-state index < -0.39 is 0 Å². The maximum absolute atomic E-state index is 9.57. The van der Waals surface area contributed by atoms with Crippen LogP contribution in [0.4, 0.5) is 0 Å². The fourth-order valence-electron chi connectivity index (χ4n) is 1.36. The van der Waals surface area contributed by atoms with Crippen LogP contribution in [-0.4, -0.2) is 29.5 Å². The number of ether oxygens (including phenoxy) is 1. The molecule has 0 aliphatic heterocycles. The Labute approximate surface area is 95.9 Å². The van der Waals surface area contributed by atoms with Gasteiger partial charge < -0.3 is 20.3 Å². The van der Waals surface area contributed by atoms with Crippen molar-refractivity contribution in [2.24, 2.45) is 0 Å². The molecule has 16 heavy (non-hydrogen) atoms. The summed E-state index contributed by atoms with van der Waals surface area (Å²) in [6, 6.07) is 5.15. The van der Waals surface area contributed by atoms with E-state index in [1.165, 1.54) is 6.07 Å². The Bertz CT molecular complexity index is 328. The third-order valence-electron chi connectivity index (χ3n) is 2.31. The lowest BCUT2D eigenvalue weighted by atomic mass is 10.2. The van der Waals surface area contributed by atoms with Gasteiger partial charge in [0.25, 0.3) is 0 Å². The van der Waals surface area contributed by atoms with Gasteiger partial charge in [-0.05, 0) is 19.9 Å². The van der Waals surface area contributed by atoms with Gasteiger partial charge in [0.05, 0.1) is 6.61 Å². The number of hydrogen-bond donors (Lipinski definition) is 3. The van der Waals surface area contributed by atoms with Gasteiger partial charge in [-0.1, -0.05) is 12.1 Å². The summed E-state index contributed by atoms with van der Waals surface area (Å²) in [4.78, 5) is 0. The first-order chi connectivity index (χ1) is 7.65. The third kappa shape index (κ3) is 3.72. The van der Waals surface area contributed by atoms with Crippen molar-refractivity contribution in [2.45, 2.75) is 26.4 Å². The molecule has 4 nitrogen and oxygen atoms in total. The molecule has 0 spiro atoms. The van der Waals surface area contributed by atoms with Crippen molar-refractivity contribution >= 4 is 0 Å². The number of rotatable bonds is 6. The first kappa shape index (κ1) is 12.8. The Morgan fingerprint density at radius 3 is 2.81 bits per heavy atom. The SMILES string of the molecule is CCOCC(C)NCc1cccc(O)c1O. The summed E-state index contributed by atoms with van der Waals surface area (Å²) in [6.07, 6.45) is 0. The van der Waals surface area contributed by atoms with Crippen LogP contribution in [0.2, 0.25) is 0 Å². The average Bonchev–Trinajstić information content (AvgIpc) is 2.28. The molecule has 0 amide bonds. The first-order valence-corrected chi connectivity index (χ1v) is 5.46. The Morgan fingerprint density at radius 2 is 2.12 bits per heavy atom. The highest BCUT2D eigenvalue weighted by atomic mass is 16.5. The summed E-state index contributed by atoms with van der Waals surface area (Å²) in [5, 5.41) is 22.1. The monoisotopic (exact) mass is 225 g/mol. The van der Waals surface area contributed by atoms with Gasteiger partial charge in [0, 0.05) is 24.8 Å². The minimum absolute atomic E-state index is 0.0568. The zero-order valence-electron chi connectivity index (χ0n) is 9.73. The number of para-hydroxylation sites is 1. The second kappa shape index (κ2) is 6.35. The molecule has 0 radical (unpaired) electrons. The molecule has 0 aromatic heterocycles. The normalized spacial score (nSPS) is 12.6. The number of aromatic hydroxyl groups is 2. The van der Waals surface area contributed by atoms with Crippen LogP contribution in [0, 0.1) is 0 Å². The van der Waals surface area contributed by atoms with Crippen LogP contribution in [0.15, 0.2) is 18.2 Å². The van der Waals surface area contributed by atoms with Crippen molar-refractivity contribution < 1.29 is 14.9 Å². The number of benzene rings is 1. The van der Waals surface area contributed by atoms with Crippen molar-refractivity contribution in [1.29, 1.82) is 0 Å². The third-order valence-corrected chi connectivity index (χ3v) is 2.31. The van der Waals surface area contributed by atoms with Crippen LogP contribution in [-0.2, 0) is 11.3 Å². The molecule has 3 N–H and O–H groups in total. The Balaban J connectivity index is 2.45. The zero-order valence-corrected chi connectivity index (χ0v) is 9.73. The molecule has 0 heterocycles. The summed E-state index contributed by atoms with van der Waals surface area (Å²) >= 11 is 0. The largest absolute Gasteiger partial charge is 0.504 e. The molecule has 1 rings (SSSR count). The molecule has 0 aliphatic carbocycles. The second-order valence-corrected chi connectivity index (χ2v) is 3.73. The second-order valence-electron chi connectivity index (χ2n) is 3.73. The first-order valence-electron chi connectivity index (χ1n) is 5.46. The molecule has 0 saturated heterocycles.